The third-order valence-corrected chi connectivity index (χ3v) is 4.12. The Kier molecular flexibility index (Phi) is 5.30. The third kappa shape index (κ3) is 4.04. The maximum atomic E-state index is 13.6. The predicted octanol–water partition coefficient (Wildman–Crippen LogP) is 4.61. The number of rotatable bonds is 4. The van der Waals surface area contributed by atoms with Gasteiger partial charge in [-0.05, 0) is 49.7 Å². The molecule has 2 aromatic rings. The minimum Gasteiger partial charge on any atom is -0.374 e. The molecule has 2 N–H and O–H groups in total. The van der Waals surface area contributed by atoms with E-state index in [4.69, 9.17) is 0 Å². The number of carbonyl (C=O) groups is 1. The lowest BCUT2D eigenvalue weighted by Gasteiger charge is -2.16. The van der Waals surface area contributed by atoms with Crippen molar-refractivity contribution in [2.45, 2.75) is 19.9 Å². The number of aryl methyl sites for hydroxylation is 1. The first-order chi connectivity index (χ1) is 10.8. The zero-order valence-corrected chi connectivity index (χ0v) is 14.0. The van der Waals surface area contributed by atoms with Crippen LogP contribution < -0.4 is 10.6 Å². The molecule has 122 valence electrons. The molecule has 0 aliphatic carbocycles. The maximum Gasteiger partial charge on any atom is 0.246 e. The highest BCUT2D eigenvalue weighted by molar-refractivity contribution is 9.10. The molecule has 3 nitrogen and oxygen atoms in total. The van der Waals surface area contributed by atoms with Crippen molar-refractivity contribution in [3.63, 3.8) is 0 Å². The second-order valence-electron chi connectivity index (χ2n) is 5.04. The fourth-order valence-corrected chi connectivity index (χ4v) is 2.16. The van der Waals surface area contributed by atoms with E-state index in [9.17, 15) is 18.0 Å². The molecular formula is C16H14BrF3N2O. The molecule has 23 heavy (non-hydrogen) atoms. The van der Waals surface area contributed by atoms with Crippen LogP contribution in [0.5, 0.6) is 0 Å². The standard InChI is InChI=1S/C16H14BrF3N2O/c1-8-7-10(3-4-11(8)17)21-9(2)16(23)22-13-6-5-12(18)14(19)15(13)20/h3-7,9,21H,1-2H3,(H,22,23)/t9-/m0/s1. The lowest BCUT2D eigenvalue weighted by molar-refractivity contribution is -0.116. The molecule has 1 amide bonds. The highest BCUT2D eigenvalue weighted by atomic mass is 79.9. The molecule has 0 spiro atoms. The van der Waals surface area contributed by atoms with Crippen molar-refractivity contribution in [2.24, 2.45) is 0 Å². The SMILES string of the molecule is Cc1cc(N[C@@H](C)C(=O)Nc2ccc(F)c(F)c2F)ccc1Br. The number of hydrogen-bond acceptors (Lipinski definition) is 2. The van der Waals surface area contributed by atoms with Crippen molar-refractivity contribution in [3.8, 4) is 0 Å². The first-order valence-corrected chi connectivity index (χ1v) is 7.56. The number of nitrogens with one attached hydrogen (secondary N) is 2. The van der Waals surface area contributed by atoms with Gasteiger partial charge in [0.25, 0.3) is 0 Å². The summed E-state index contributed by atoms with van der Waals surface area (Å²) in [6.07, 6.45) is 0. The average Bonchev–Trinajstić information content (AvgIpc) is 2.51. The summed E-state index contributed by atoms with van der Waals surface area (Å²) in [5.74, 6) is -4.93. The fourth-order valence-electron chi connectivity index (χ4n) is 1.91. The van der Waals surface area contributed by atoms with Crippen LogP contribution in [0.25, 0.3) is 0 Å². The molecule has 7 heteroatoms. The van der Waals surface area contributed by atoms with Crippen LogP contribution in [0, 0.1) is 24.4 Å². The second kappa shape index (κ2) is 7.04. The summed E-state index contributed by atoms with van der Waals surface area (Å²) >= 11 is 3.37. The van der Waals surface area contributed by atoms with Crippen LogP contribution in [0.1, 0.15) is 12.5 Å². The van der Waals surface area contributed by atoms with Gasteiger partial charge in [0.15, 0.2) is 17.5 Å². The van der Waals surface area contributed by atoms with E-state index in [1.54, 1.807) is 13.0 Å². The Hall–Kier alpha value is -2.02. The minimum atomic E-state index is -1.62. The first kappa shape index (κ1) is 17.3. The van der Waals surface area contributed by atoms with Gasteiger partial charge >= 0.3 is 0 Å². The topological polar surface area (TPSA) is 41.1 Å². The van der Waals surface area contributed by atoms with Crippen molar-refractivity contribution in [1.82, 2.24) is 0 Å². The zero-order chi connectivity index (χ0) is 17.1. The summed E-state index contributed by atoms with van der Waals surface area (Å²) in [6.45, 7) is 3.47. The molecule has 0 saturated carbocycles. The van der Waals surface area contributed by atoms with Crippen molar-refractivity contribution in [1.29, 1.82) is 0 Å². The number of carbonyl (C=O) groups excluding carboxylic acids is 1. The molecule has 2 aromatic carbocycles. The van der Waals surface area contributed by atoms with E-state index in [2.05, 4.69) is 26.6 Å². The van der Waals surface area contributed by atoms with Crippen molar-refractivity contribution < 1.29 is 18.0 Å². The van der Waals surface area contributed by atoms with Gasteiger partial charge in [0, 0.05) is 10.2 Å². The number of hydrogen-bond donors (Lipinski definition) is 2. The van der Waals surface area contributed by atoms with Crippen molar-refractivity contribution in [3.05, 3.63) is 57.8 Å². The van der Waals surface area contributed by atoms with Crippen LogP contribution in [0.4, 0.5) is 24.5 Å². The number of benzene rings is 2. The molecular weight excluding hydrogens is 373 g/mol. The third-order valence-electron chi connectivity index (χ3n) is 3.23. The summed E-state index contributed by atoms with van der Waals surface area (Å²) in [7, 11) is 0. The van der Waals surface area contributed by atoms with Gasteiger partial charge in [-0.1, -0.05) is 15.9 Å². The largest absolute Gasteiger partial charge is 0.374 e. The van der Waals surface area contributed by atoms with Crippen LogP contribution >= 0.6 is 15.9 Å². The number of amides is 1. The second-order valence-corrected chi connectivity index (χ2v) is 5.90. The summed E-state index contributed by atoms with van der Waals surface area (Å²) in [5, 5.41) is 5.18. The van der Waals surface area contributed by atoms with Gasteiger partial charge in [0.1, 0.15) is 6.04 Å². The number of anilines is 2. The first-order valence-electron chi connectivity index (χ1n) is 6.76. The fraction of sp³-hybridized carbons (Fsp3) is 0.188. The molecule has 0 aliphatic heterocycles. The van der Waals surface area contributed by atoms with Gasteiger partial charge in [0.05, 0.1) is 5.69 Å². The molecule has 0 heterocycles. The summed E-state index contributed by atoms with van der Waals surface area (Å²) in [6, 6.07) is 6.47. The maximum absolute atomic E-state index is 13.6. The van der Waals surface area contributed by atoms with Crippen molar-refractivity contribution >= 4 is 33.2 Å². The van der Waals surface area contributed by atoms with E-state index < -0.39 is 35.1 Å². The zero-order valence-electron chi connectivity index (χ0n) is 12.4. The molecule has 0 bridgehead atoms. The molecule has 0 aliphatic rings. The van der Waals surface area contributed by atoms with Crippen LogP contribution in [-0.4, -0.2) is 11.9 Å². The monoisotopic (exact) mass is 386 g/mol. The average molecular weight is 387 g/mol. The summed E-state index contributed by atoms with van der Waals surface area (Å²) in [5.41, 5.74) is 1.28. The Bertz CT molecular complexity index is 752. The molecule has 0 aromatic heterocycles. The lowest BCUT2D eigenvalue weighted by atomic mass is 10.2. The molecule has 0 radical (unpaired) electrons. The van der Waals surface area contributed by atoms with Crippen molar-refractivity contribution in [2.75, 3.05) is 10.6 Å². The molecule has 0 fully saturated rings. The Morgan fingerprint density at radius 2 is 1.83 bits per heavy atom. The minimum absolute atomic E-state index is 0.408. The van der Waals surface area contributed by atoms with Gasteiger partial charge < -0.3 is 10.6 Å². The molecule has 0 saturated heterocycles. The van der Waals surface area contributed by atoms with E-state index in [0.29, 0.717) is 5.69 Å². The van der Waals surface area contributed by atoms with Crippen LogP contribution in [0.15, 0.2) is 34.8 Å². The van der Waals surface area contributed by atoms with E-state index in [0.717, 1.165) is 22.2 Å². The quantitative estimate of drug-likeness (QED) is 0.753. The normalized spacial score (nSPS) is 11.9. The van der Waals surface area contributed by atoms with E-state index >= 15 is 0 Å². The summed E-state index contributed by atoms with van der Waals surface area (Å²) in [4.78, 5) is 12.1. The van der Waals surface area contributed by atoms with E-state index in [-0.39, 0.29) is 0 Å². The summed E-state index contributed by atoms with van der Waals surface area (Å²) < 4.78 is 40.5. The van der Waals surface area contributed by atoms with Gasteiger partial charge in [-0.2, -0.15) is 0 Å². The molecule has 0 unspecified atom stereocenters. The highest BCUT2D eigenvalue weighted by Crippen LogP contribution is 2.22. The Morgan fingerprint density at radius 3 is 2.48 bits per heavy atom. The Balaban J connectivity index is 2.08. The Labute approximate surface area is 140 Å². The van der Waals surface area contributed by atoms with Crippen LogP contribution in [0.2, 0.25) is 0 Å². The molecule has 1 atom stereocenters. The van der Waals surface area contributed by atoms with Crippen LogP contribution in [0.3, 0.4) is 0 Å². The number of halogens is 4. The van der Waals surface area contributed by atoms with Gasteiger partial charge in [0.2, 0.25) is 5.91 Å². The smallest absolute Gasteiger partial charge is 0.246 e. The van der Waals surface area contributed by atoms with Gasteiger partial charge in [-0.3, -0.25) is 4.79 Å². The van der Waals surface area contributed by atoms with E-state index in [1.165, 1.54) is 0 Å². The predicted molar refractivity (Wildman–Crippen MR) is 86.9 cm³/mol. The lowest BCUT2D eigenvalue weighted by Crippen LogP contribution is -2.32. The van der Waals surface area contributed by atoms with E-state index in [1.807, 2.05) is 19.1 Å². The Morgan fingerprint density at radius 1 is 1.13 bits per heavy atom. The van der Waals surface area contributed by atoms with Gasteiger partial charge in [-0.25, -0.2) is 13.2 Å². The van der Waals surface area contributed by atoms with Crippen LogP contribution in [-0.2, 0) is 4.79 Å². The molecule has 2 rings (SSSR count). The highest BCUT2D eigenvalue weighted by Gasteiger charge is 2.18. The van der Waals surface area contributed by atoms with Gasteiger partial charge in [-0.15, -0.1) is 0 Å².